The van der Waals surface area contributed by atoms with Crippen molar-refractivity contribution in [1.82, 2.24) is 0 Å². The summed E-state index contributed by atoms with van der Waals surface area (Å²) in [5.74, 6) is 0. The second-order valence-corrected chi connectivity index (χ2v) is 8.47. The molecule has 0 N–H and O–H groups in total. The van der Waals surface area contributed by atoms with Gasteiger partial charge in [-0.25, -0.2) is 0 Å². The third kappa shape index (κ3) is 2.26. The van der Waals surface area contributed by atoms with E-state index in [-0.39, 0.29) is 6.71 Å². The zero-order valence-electron chi connectivity index (χ0n) is 17.0. The van der Waals surface area contributed by atoms with E-state index in [9.17, 15) is 0 Å². The van der Waals surface area contributed by atoms with Crippen LogP contribution >= 0.6 is 0 Å². The Bertz CT molecular complexity index is 1390. The number of hydrogen-bond acceptors (Lipinski definition) is 0. The van der Waals surface area contributed by atoms with Crippen molar-refractivity contribution in [2.45, 2.75) is 0 Å². The van der Waals surface area contributed by atoms with Gasteiger partial charge in [0.1, 0.15) is 0 Å². The quantitative estimate of drug-likeness (QED) is 0.300. The molecule has 0 nitrogen and oxygen atoms in total. The molecule has 142 valence electrons. The van der Waals surface area contributed by atoms with Crippen LogP contribution in [0.2, 0.25) is 0 Å². The molecular weight excluding hydrogens is 371 g/mol. The Morgan fingerprint density at radius 1 is 0.290 bits per heavy atom. The number of benzene rings is 5. The number of hydrogen-bond donors (Lipinski definition) is 0. The summed E-state index contributed by atoms with van der Waals surface area (Å²) in [5.41, 5.74) is 14.9. The lowest BCUT2D eigenvalue weighted by molar-refractivity contribution is 1.60. The molecule has 31 heavy (non-hydrogen) atoms. The van der Waals surface area contributed by atoms with Crippen molar-refractivity contribution in [2.24, 2.45) is 0 Å². The van der Waals surface area contributed by atoms with E-state index in [0.717, 1.165) is 0 Å². The fraction of sp³-hybridized carbons (Fsp3) is 0. The normalized spacial score (nSPS) is 12.5. The molecular formula is C30H19B. The van der Waals surface area contributed by atoms with E-state index in [4.69, 9.17) is 0 Å². The van der Waals surface area contributed by atoms with Gasteiger partial charge in [0.25, 0.3) is 0 Å². The third-order valence-corrected chi connectivity index (χ3v) is 6.95. The lowest BCUT2D eigenvalue weighted by Crippen LogP contribution is -2.53. The van der Waals surface area contributed by atoms with Crippen LogP contribution in [-0.4, -0.2) is 6.71 Å². The predicted octanol–water partition coefficient (Wildman–Crippen LogP) is 5.50. The average Bonchev–Trinajstić information content (AvgIpc) is 3.05. The molecule has 0 aromatic heterocycles. The van der Waals surface area contributed by atoms with Crippen LogP contribution in [0.25, 0.3) is 44.5 Å². The molecule has 1 heteroatoms. The Labute approximate surface area is 182 Å². The first-order valence-electron chi connectivity index (χ1n) is 10.9. The smallest absolute Gasteiger partial charge is 0.0664 e. The molecule has 5 aromatic rings. The molecule has 0 fully saturated rings. The highest BCUT2D eigenvalue weighted by Crippen LogP contribution is 2.39. The fourth-order valence-electron chi connectivity index (χ4n) is 5.72. The van der Waals surface area contributed by atoms with Gasteiger partial charge in [-0.1, -0.05) is 132 Å². The van der Waals surface area contributed by atoms with Crippen LogP contribution in [0.3, 0.4) is 0 Å². The maximum atomic E-state index is 2.33. The molecule has 0 bridgehead atoms. The molecule has 0 radical (unpaired) electrons. The highest BCUT2D eigenvalue weighted by Gasteiger charge is 2.36. The van der Waals surface area contributed by atoms with Crippen molar-refractivity contribution in [3.8, 4) is 44.5 Å². The summed E-state index contributed by atoms with van der Waals surface area (Å²) in [6.45, 7) is 0.193. The Morgan fingerprint density at radius 3 is 1.06 bits per heavy atom. The van der Waals surface area contributed by atoms with Gasteiger partial charge in [0.05, 0.1) is 0 Å². The van der Waals surface area contributed by atoms with Gasteiger partial charge in [0.2, 0.25) is 6.71 Å². The highest BCUT2D eigenvalue weighted by atomic mass is 14.3. The topological polar surface area (TPSA) is 0 Å². The van der Waals surface area contributed by atoms with E-state index in [0.29, 0.717) is 0 Å². The van der Waals surface area contributed by atoms with Crippen LogP contribution < -0.4 is 16.4 Å². The van der Waals surface area contributed by atoms with Gasteiger partial charge in [-0.2, -0.15) is 0 Å². The van der Waals surface area contributed by atoms with Gasteiger partial charge < -0.3 is 0 Å². The fourth-order valence-corrected chi connectivity index (χ4v) is 5.72. The third-order valence-electron chi connectivity index (χ3n) is 6.95. The molecule has 0 amide bonds. The van der Waals surface area contributed by atoms with Gasteiger partial charge in [0, 0.05) is 0 Å². The minimum absolute atomic E-state index is 0.193. The van der Waals surface area contributed by atoms with Crippen LogP contribution in [0.15, 0.2) is 115 Å². The van der Waals surface area contributed by atoms with E-state index in [2.05, 4.69) is 115 Å². The standard InChI is InChI=1S/C30H19B/c1-3-12-22-20(10-1)24-14-5-7-18-28(24)31-29-19-8-6-15-25(29)21-11-2-4-13-23(21)27-17-9-16-26(22)30(27)31/h1-19H. The van der Waals surface area contributed by atoms with Crippen molar-refractivity contribution in [1.29, 1.82) is 0 Å². The first kappa shape index (κ1) is 16.9. The zero-order chi connectivity index (χ0) is 20.4. The van der Waals surface area contributed by atoms with Crippen LogP contribution in [0.1, 0.15) is 0 Å². The Kier molecular flexibility index (Phi) is 3.45. The molecule has 0 saturated carbocycles. The first-order valence-corrected chi connectivity index (χ1v) is 10.9. The zero-order valence-corrected chi connectivity index (χ0v) is 17.0. The predicted molar refractivity (Wildman–Crippen MR) is 133 cm³/mol. The van der Waals surface area contributed by atoms with Gasteiger partial charge in [-0.05, 0) is 44.5 Å². The van der Waals surface area contributed by atoms with Crippen LogP contribution in [-0.2, 0) is 0 Å². The summed E-state index contributed by atoms with van der Waals surface area (Å²) in [4.78, 5) is 0. The minimum Gasteiger partial charge on any atom is -0.0664 e. The van der Waals surface area contributed by atoms with E-state index >= 15 is 0 Å². The maximum Gasteiger partial charge on any atom is 0.244 e. The number of fused-ring (bicyclic) bond motifs is 10. The van der Waals surface area contributed by atoms with Crippen LogP contribution in [0.5, 0.6) is 0 Å². The van der Waals surface area contributed by atoms with E-state index in [1.54, 1.807) is 0 Å². The van der Waals surface area contributed by atoms with Gasteiger partial charge >= 0.3 is 0 Å². The lowest BCUT2D eigenvalue weighted by Gasteiger charge is -2.20. The van der Waals surface area contributed by atoms with E-state index in [1.165, 1.54) is 60.9 Å². The van der Waals surface area contributed by atoms with Crippen molar-refractivity contribution in [3.63, 3.8) is 0 Å². The second kappa shape index (κ2) is 6.33. The average molecular weight is 390 g/mol. The molecule has 0 aliphatic carbocycles. The molecule has 0 atom stereocenters. The summed E-state index contributed by atoms with van der Waals surface area (Å²) in [5, 5.41) is 0. The summed E-state index contributed by atoms with van der Waals surface area (Å²) in [6.07, 6.45) is 0. The highest BCUT2D eigenvalue weighted by molar-refractivity contribution is 6.99. The molecule has 2 heterocycles. The van der Waals surface area contributed by atoms with E-state index < -0.39 is 0 Å². The van der Waals surface area contributed by atoms with Crippen molar-refractivity contribution < 1.29 is 0 Å². The molecule has 0 saturated heterocycles. The summed E-state index contributed by atoms with van der Waals surface area (Å²) in [6, 6.07) is 42.6. The van der Waals surface area contributed by atoms with Crippen molar-refractivity contribution >= 4 is 23.1 Å². The van der Waals surface area contributed by atoms with Gasteiger partial charge in [-0.3, -0.25) is 0 Å². The maximum absolute atomic E-state index is 2.33. The van der Waals surface area contributed by atoms with Gasteiger partial charge in [0.15, 0.2) is 0 Å². The summed E-state index contributed by atoms with van der Waals surface area (Å²) in [7, 11) is 0. The van der Waals surface area contributed by atoms with Crippen molar-refractivity contribution in [3.05, 3.63) is 115 Å². The Balaban J connectivity index is 1.75. The largest absolute Gasteiger partial charge is 0.244 e. The van der Waals surface area contributed by atoms with Crippen molar-refractivity contribution in [2.75, 3.05) is 0 Å². The SMILES string of the molecule is c1ccc2c(c1)B1c3ccccc3-c3ccccc3-c3cccc(c31)-c1ccccc1-2. The molecule has 0 spiro atoms. The monoisotopic (exact) mass is 390 g/mol. The Hall–Kier alpha value is -3.84. The molecule has 7 rings (SSSR count). The van der Waals surface area contributed by atoms with Crippen LogP contribution in [0.4, 0.5) is 0 Å². The lowest BCUT2D eigenvalue weighted by atomic mass is 9.35. The molecule has 0 unspecified atom stereocenters. The van der Waals surface area contributed by atoms with Crippen LogP contribution in [0, 0.1) is 0 Å². The van der Waals surface area contributed by atoms with E-state index in [1.807, 2.05) is 0 Å². The second-order valence-electron chi connectivity index (χ2n) is 8.47. The Morgan fingerprint density at radius 2 is 0.613 bits per heavy atom. The molecule has 2 aliphatic rings. The minimum atomic E-state index is 0.193. The molecule has 5 aromatic carbocycles. The molecule has 2 aliphatic heterocycles. The summed E-state index contributed by atoms with van der Waals surface area (Å²) < 4.78 is 0. The van der Waals surface area contributed by atoms with Gasteiger partial charge in [-0.15, -0.1) is 0 Å². The number of rotatable bonds is 0. The summed E-state index contributed by atoms with van der Waals surface area (Å²) >= 11 is 0. The first-order chi connectivity index (χ1) is 15.4.